The molecule has 1 N–H and O–H groups in total. The Kier molecular flexibility index (Phi) is 5.31. The SMILES string of the molecule is O=[N+]([O-])c1cc(Cl)cc(C=Nc2ccc3sc(-c4cccc(Br)c4)nc3c2)c1O. The van der Waals surface area contributed by atoms with E-state index >= 15 is 0 Å². The third-order valence-electron chi connectivity index (χ3n) is 4.08. The number of aromatic nitrogens is 1. The number of hydrogen-bond donors (Lipinski definition) is 1. The van der Waals surface area contributed by atoms with Gasteiger partial charge in [-0.15, -0.1) is 11.3 Å². The molecule has 144 valence electrons. The van der Waals surface area contributed by atoms with Gasteiger partial charge in [0.15, 0.2) is 0 Å². The van der Waals surface area contributed by atoms with Crippen molar-refractivity contribution >= 4 is 66.7 Å². The largest absolute Gasteiger partial charge is 0.502 e. The highest BCUT2D eigenvalue weighted by atomic mass is 79.9. The first-order chi connectivity index (χ1) is 13.9. The van der Waals surface area contributed by atoms with Crippen molar-refractivity contribution in [2.75, 3.05) is 0 Å². The van der Waals surface area contributed by atoms with Crippen LogP contribution in [0.4, 0.5) is 11.4 Å². The van der Waals surface area contributed by atoms with Crippen molar-refractivity contribution in [3.05, 3.63) is 79.8 Å². The molecule has 4 aromatic rings. The third-order valence-corrected chi connectivity index (χ3v) is 5.87. The maximum atomic E-state index is 11.0. The van der Waals surface area contributed by atoms with Crippen LogP contribution in [0, 0.1) is 10.1 Å². The van der Waals surface area contributed by atoms with Crippen molar-refractivity contribution in [1.29, 1.82) is 0 Å². The van der Waals surface area contributed by atoms with Gasteiger partial charge in [-0.2, -0.15) is 0 Å². The van der Waals surface area contributed by atoms with E-state index in [1.807, 2.05) is 42.5 Å². The number of nitrogens with zero attached hydrogens (tertiary/aromatic N) is 3. The van der Waals surface area contributed by atoms with E-state index in [4.69, 9.17) is 11.6 Å². The first-order valence-electron chi connectivity index (χ1n) is 8.28. The van der Waals surface area contributed by atoms with Crippen LogP contribution in [-0.4, -0.2) is 21.2 Å². The molecule has 0 saturated heterocycles. The number of benzene rings is 3. The molecule has 9 heteroatoms. The van der Waals surface area contributed by atoms with E-state index in [1.165, 1.54) is 12.3 Å². The van der Waals surface area contributed by atoms with Crippen molar-refractivity contribution in [1.82, 2.24) is 4.98 Å². The summed E-state index contributed by atoms with van der Waals surface area (Å²) in [5, 5.41) is 22.1. The first-order valence-corrected chi connectivity index (χ1v) is 10.3. The van der Waals surface area contributed by atoms with E-state index in [2.05, 4.69) is 25.9 Å². The molecular weight excluding hydrogens is 478 g/mol. The molecule has 0 aliphatic rings. The molecule has 4 rings (SSSR count). The van der Waals surface area contributed by atoms with Gasteiger partial charge in [-0.3, -0.25) is 15.1 Å². The molecule has 0 spiro atoms. The summed E-state index contributed by atoms with van der Waals surface area (Å²) in [7, 11) is 0. The molecule has 6 nitrogen and oxygen atoms in total. The molecule has 0 fully saturated rings. The van der Waals surface area contributed by atoms with Gasteiger partial charge in [0.05, 0.1) is 20.8 Å². The summed E-state index contributed by atoms with van der Waals surface area (Å²) in [6, 6.07) is 16.0. The van der Waals surface area contributed by atoms with E-state index < -0.39 is 16.4 Å². The van der Waals surface area contributed by atoms with Gasteiger partial charge in [0, 0.05) is 32.9 Å². The van der Waals surface area contributed by atoms with E-state index in [1.54, 1.807) is 11.3 Å². The average molecular weight is 489 g/mol. The van der Waals surface area contributed by atoms with Crippen LogP contribution in [0.5, 0.6) is 5.75 Å². The zero-order valence-electron chi connectivity index (χ0n) is 14.5. The maximum absolute atomic E-state index is 11.0. The molecular formula is C20H11BrClN3O3S. The average Bonchev–Trinajstić information content (AvgIpc) is 3.11. The van der Waals surface area contributed by atoms with Crippen LogP contribution in [-0.2, 0) is 0 Å². The molecule has 0 atom stereocenters. The van der Waals surface area contributed by atoms with Gasteiger partial charge in [-0.25, -0.2) is 4.98 Å². The highest BCUT2D eigenvalue weighted by Gasteiger charge is 2.17. The molecule has 1 aromatic heterocycles. The third kappa shape index (κ3) is 4.14. The van der Waals surface area contributed by atoms with E-state index in [9.17, 15) is 15.2 Å². The van der Waals surface area contributed by atoms with E-state index in [0.717, 1.165) is 31.3 Å². The molecule has 0 amide bonds. The standard InChI is InChI=1S/C20H11BrClN3O3S/c21-13-3-1-2-11(6-13)20-24-16-9-15(4-5-18(16)29-20)23-10-12-7-14(22)8-17(19(12)26)25(27)28/h1-10,26H. The summed E-state index contributed by atoms with van der Waals surface area (Å²) in [5.41, 5.74) is 2.11. The summed E-state index contributed by atoms with van der Waals surface area (Å²) >= 11 is 11.0. The minimum atomic E-state index is -0.691. The Morgan fingerprint density at radius 3 is 2.79 bits per heavy atom. The van der Waals surface area contributed by atoms with Crippen LogP contribution in [0.2, 0.25) is 5.02 Å². The number of nitro benzene ring substituents is 1. The minimum Gasteiger partial charge on any atom is -0.502 e. The molecule has 3 aromatic carbocycles. The fourth-order valence-corrected chi connectivity index (χ4v) is 4.29. The van der Waals surface area contributed by atoms with Crippen molar-refractivity contribution in [3.63, 3.8) is 0 Å². The normalized spacial score (nSPS) is 11.4. The van der Waals surface area contributed by atoms with Crippen LogP contribution >= 0.6 is 38.9 Å². The number of halogens is 2. The fourth-order valence-electron chi connectivity index (χ4n) is 2.73. The van der Waals surface area contributed by atoms with E-state index in [0.29, 0.717) is 5.69 Å². The first kappa shape index (κ1) is 19.5. The molecule has 0 saturated carbocycles. The van der Waals surface area contributed by atoms with Crippen LogP contribution in [0.3, 0.4) is 0 Å². The topological polar surface area (TPSA) is 88.6 Å². The number of phenolic OH excluding ortho intramolecular Hbond substituents is 1. The lowest BCUT2D eigenvalue weighted by Gasteiger charge is -2.01. The number of aliphatic imine (C=N–C) groups is 1. The smallest absolute Gasteiger partial charge is 0.312 e. The Morgan fingerprint density at radius 2 is 2.03 bits per heavy atom. The molecule has 0 bridgehead atoms. The van der Waals surface area contributed by atoms with Crippen LogP contribution in [0.25, 0.3) is 20.8 Å². The van der Waals surface area contributed by atoms with Crippen molar-refractivity contribution in [2.45, 2.75) is 0 Å². The number of aromatic hydroxyl groups is 1. The van der Waals surface area contributed by atoms with Crippen molar-refractivity contribution in [2.24, 2.45) is 4.99 Å². The second-order valence-corrected chi connectivity index (χ2v) is 8.44. The second-order valence-electron chi connectivity index (χ2n) is 6.06. The van der Waals surface area contributed by atoms with Gasteiger partial charge in [0.25, 0.3) is 0 Å². The van der Waals surface area contributed by atoms with Gasteiger partial charge in [-0.05, 0) is 36.4 Å². The molecule has 29 heavy (non-hydrogen) atoms. The zero-order chi connectivity index (χ0) is 20.5. The summed E-state index contributed by atoms with van der Waals surface area (Å²) in [5.74, 6) is -0.477. The van der Waals surface area contributed by atoms with Crippen LogP contribution in [0.15, 0.2) is 64.1 Å². The molecule has 0 radical (unpaired) electrons. The van der Waals surface area contributed by atoms with Crippen molar-refractivity contribution in [3.8, 4) is 16.3 Å². The molecule has 0 unspecified atom stereocenters. The Labute approximate surface area is 182 Å². The van der Waals surface area contributed by atoms with Gasteiger partial charge in [0.2, 0.25) is 5.75 Å². The number of rotatable bonds is 4. The van der Waals surface area contributed by atoms with E-state index in [-0.39, 0.29) is 10.6 Å². The van der Waals surface area contributed by atoms with Crippen molar-refractivity contribution < 1.29 is 10.0 Å². The van der Waals surface area contributed by atoms with Gasteiger partial charge < -0.3 is 5.11 Å². The Morgan fingerprint density at radius 1 is 1.21 bits per heavy atom. The monoisotopic (exact) mass is 487 g/mol. The molecule has 0 aliphatic carbocycles. The Bertz CT molecular complexity index is 1290. The number of hydrogen-bond acceptors (Lipinski definition) is 6. The maximum Gasteiger partial charge on any atom is 0.312 e. The number of fused-ring (bicyclic) bond motifs is 1. The highest BCUT2D eigenvalue weighted by molar-refractivity contribution is 9.10. The quantitative estimate of drug-likeness (QED) is 0.196. The fraction of sp³-hybridized carbons (Fsp3) is 0. The number of phenols is 1. The van der Waals surface area contributed by atoms with Gasteiger partial charge >= 0.3 is 5.69 Å². The minimum absolute atomic E-state index is 0.143. The van der Waals surface area contributed by atoms with Crippen LogP contribution in [0.1, 0.15) is 5.56 Å². The lowest BCUT2D eigenvalue weighted by atomic mass is 10.2. The Balaban J connectivity index is 1.68. The number of nitro groups is 1. The summed E-state index contributed by atoms with van der Waals surface area (Å²) < 4.78 is 2.00. The lowest BCUT2D eigenvalue weighted by molar-refractivity contribution is -0.385. The highest BCUT2D eigenvalue weighted by Crippen LogP contribution is 2.34. The zero-order valence-corrected chi connectivity index (χ0v) is 17.7. The summed E-state index contributed by atoms with van der Waals surface area (Å²) in [6.45, 7) is 0. The summed E-state index contributed by atoms with van der Waals surface area (Å²) in [4.78, 5) is 19.3. The second kappa shape index (κ2) is 7.90. The Hall–Kier alpha value is -2.81. The van der Waals surface area contributed by atoms with Crippen LogP contribution < -0.4 is 0 Å². The van der Waals surface area contributed by atoms with Gasteiger partial charge in [0.1, 0.15) is 5.01 Å². The van der Waals surface area contributed by atoms with Gasteiger partial charge in [-0.1, -0.05) is 39.7 Å². The molecule has 0 aliphatic heterocycles. The predicted octanol–water partition coefficient (Wildman–Crippen LogP) is 6.74. The molecule has 1 heterocycles. The summed E-state index contributed by atoms with van der Waals surface area (Å²) in [6.07, 6.45) is 1.34. The lowest BCUT2D eigenvalue weighted by Crippen LogP contribution is -1.92. The number of thiazole rings is 1. The predicted molar refractivity (Wildman–Crippen MR) is 120 cm³/mol.